The predicted octanol–water partition coefficient (Wildman–Crippen LogP) is 3.42. The average Bonchev–Trinajstić information content (AvgIpc) is 2.55. The summed E-state index contributed by atoms with van der Waals surface area (Å²) in [5.41, 5.74) is 0.924. The minimum atomic E-state index is -4.80. The maximum atomic E-state index is 12.9. The molecule has 0 bridgehead atoms. The summed E-state index contributed by atoms with van der Waals surface area (Å²) >= 11 is 0. The zero-order chi connectivity index (χ0) is 17.3. The van der Waals surface area contributed by atoms with Gasteiger partial charge in [-0.3, -0.25) is 4.98 Å². The number of aryl methyl sites for hydroxylation is 1. The second kappa shape index (κ2) is 6.01. The quantitative estimate of drug-likeness (QED) is 0.413. The molecule has 0 aliphatic heterocycles. The van der Waals surface area contributed by atoms with Gasteiger partial charge < -0.3 is 4.74 Å². The van der Waals surface area contributed by atoms with Gasteiger partial charge in [0.15, 0.2) is 0 Å². The first-order chi connectivity index (χ1) is 11.4. The van der Waals surface area contributed by atoms with Gasteiger partial charge in [0.1, 0.15) is 5.75 Å². The number of rotatable bonds is 3. The van der Waals surface area contributed by atoms with Gasteiger partial charge in [0.2, 0.25) is 0 Å². The minimum absolute atomic E-state index is 0.116. The third-order valence-electron chi connectivity index (χ3n) is 3.54. The van der Waals surface area contributed by atoms with Crippen molar-refractivity contribution in [1.82, 2.24) is 4.98 Å². The van der Waals surface area contributed by atoms with Crippen molar-refractivity contribution < 1.29 is 21.8 Å². The van der Waals surface area contributed by atoms with Crippen LogP contribution in [-0.2, 0) is 10.2 Å². The Labute approximate surface area is 137 Å². The third-order valence-corrected chi connectivity index (χ3v) is 4.37. The Kier molecular flexibility index (Phi) is 4.02. The second-order valence-electron chi connectivity index (χ2n) is 5.10. The van der Waals surface area contributed by atoms with Crippen molar-refractivity contribution in [2.45, 2.75) is 11.8 Å². The van der Waals surface area contributed by atoms with E-state index in [0.717, 1.165) is 28.6 Å². The van der Waals surface area contributed by atoms with Gasteiger partial charge in [-0.2, -0.15) is 8.42 Å². The first kappa shape index (κ1) is 16.1. The number of carbonyl (C=O) groups excluding carboxylic acids is 1. The van der Waals surface area contributed by atoms with Crippen LogP contribution >= 0.6 is 0 Å². The molecule has 0 aliphatic carbocycles. The molecule has 5 nitrogen and oxygen atoms in total. The first-order valence-electron chi connectivity index (χ1n) is 6.97. The molecule has 0 N–H and O–H groups in total. The van der Waals surface area contributed by atoms with Crippen LogP contribution < -0.4 is 4.74 Å². The Morgan fingerprint density at radius 2 is 1.75 bits per heavy atom. The lowest BCUT2D eigenvalue weighted by Crippen LogP contribution is -2.09. The number of pyridine rings is 1. The zero-order valence-corrected chi connectivity index (χ0v) is 13.4. The number of halogens is 1. The summed E-state index contributed by atoms with van der Waals surface area (Å²) in [6.07, 6.45) is 1.62. The van der Waals surface area contributed by atoms with Crippen molar-refractivity contribution in [3.05, 3.63) is 66.0 Å². The number of nitrogens with zero attached hydrogens (tertiary/aromatic N) is 1. The van der Waals surface area contributed by atoms with E-state index in [2.05, 4.69) is 4.98 Å². The van der Waals surface area contributed by atoms with Gasteiger partial charge in [0, 0.05) is 22.7 Å². The minimum Gasteiger partial charge on any atom is -0.422 e. The number of carbonyl (C=O) groups is 1. The lowest BCUT2D eigenvalue weighted by Gasteiger charge is -2.09. The number of benzene rings is 2. The van der Waals surface area contributed by atoms with E-state index in [9.17, 15) is 17.1 Å². The van der Waals surface area contributed by atoms with Crippen molar-refractivity contribution in [1.29, 1.82) is 0 Å². The van der Waals surface area contributed by atoms with E-state index >= 15 is 0 Å². The summed E-state index contributed by atoms with van der Waals surface area (Å²) in [4.78, 5) is 15.9. The Balaban J connectivity index is 1.92. The van der Waals surface area contributed by atoms with Gasteiger partial charge in [-0.15, -0.1) is 3.89 Å². The van der Waals surface area contributed by atoms with Crippen molar-refractivity contribution in [2.24, 2.45) is 0 Å². The maximum absolute atomic E-state index is 12.9. The number of ether oxygens (including phenoxy) is 1. The van der Waals surface area contributed by atoms with E-state index in [1.807, 2.05) is 13.0 Å². The largest absolute Gasteiger partial charge is 0.422 e. The lowest BCUT2D eigenvalue weighted by molar-refractivity contribution is 0.0737. The SMILES string of the molecule is Cc1nccc2c(OC(=O)c3ccc(S(=O)(=O)F)cc3)cccc12. The molecule has 0 saturated carbocycles. The summed E-state index contributed by atoms with van der Waals surface area (Å²) in [7, 11) is -4.80. The number of hydrogen-bond acceptors (Lipinski definition) is 5. The molecule has 2 aromatic carbocycles. The molecule has 0 spiro atoms. The molecule has 0 radical (unpaired) electrons. The summed E-state index contributed by atoms with van der Waals surface area (Å²) in [6.45, 7) is 1.85. The molecule has 0 unspecified atom stereocenters. The van der Waals surface area contributed by atoms with Crippen LogP contribution in [0.15, 0.2) is 59.6 Å². The Morgan fingerprint density at radius 3 is 2.42 bits per heavy atom. The van der Waals surface area contributed by atoms with Crippen LogP contribution in [0.3, 0.4) is 0 Å². The molecule has 24 heavy (non-hydrogen) atoms. The number of hydrogen-bond donors (Lipinski definition) is 0. The van der Waals surface area contributed by atoms with Crippen LogP contribution in [0.5, 0.6) is 5.75 Å². The van der Waals surface area contributed by atoms with E-state index < -0.39 is 21.1 Å². The van der Waals surface area contributed by atoms with Gasteiger partial charge in [-0.05, 0) is 43.3 Å². The van der Waals surface area contributed by atoms with Crippen molar-refractivity contribution in [3.8, 4) is 5.75 Å². The normalized spacial score (nSPS) is 11.4. The summed E-state index contributed by atoms with van der Waals surface area (Å²) < 4.78 is 39.8. The summed E-state index contributed by atoms with van der Waals surface area (Å²) in [6, 6.07) is 11.4. The number of esters is 1. The molecule has 0 atom stereocenters. The lowest BCUT2D eigenvalue weighted by atomic mass is 10.1. The molecule has 3 aromatic rings. The predicted molar refractivity (Wildman–Crippen MR) is 86.2 cm³/mol. The Bertz CT molecular complexity index is 1030. The van der Waals surface area contributed by atoms with E-state index in [1.165, 1.54) is 12.1 Å². The highest BCUT2D eigenvalue weighted by Crippen LogP contribution is 2.27. The van der Waals surface area contributed by atoms with E-state index in [0.29, 0.717) is 5.75 Å². The fourth-order valence-corrected chi connectivity index (χ4v) is 2.79. The third kappa shape index (κ3) is 3.11. The van der Waals surface area contributed by atoms with Crippen molar-refractivity contribution in [2.75, 3.05) is 0 Å². The van der Waals surface area contributed by atoms with Crippen LogP contribution in [0.4, 0.5) is 3.89 Å². The topological polar surface area (TPSA) is 73.3 Å². The van der Waals surface area contributed by atoms with Gasteiger partial charge >= 0.3 is 16.2 Å². The van der Waals surface area contributed by atoms with E-state index in [1.54, 1.807) is 24.4 Å². The van der Waals surface area contributed by atoms with Gasteiger partial charge in [-0.1, -0.05) is 12.1 Å². The monoisotopic (exact) mass is 345 g/mol. The van der Waals surface area contributed by atoms with Crippen LogP contribution in [-0.4, -0.2) is 19.4 Å². The molecule has 0 fully saturated rings. The molecule has 1 aromatic heterocycles. The van der Waals surface area contributed by atoms with Gasteiger partial charge in [0.25, 0.3) is 0 Å². The average molecular weight is 345 g/mol. The highest BCUT2D eigenvalue weighted by atomic mass is 32.3. The second-order valence-corrected chi connectivity index (χ2v) is 6.45. The number of fused-ring (bicyclic) bond motifs is 1. The molecule has 0 aliphatic rings. The van der Waals surface area contributed by atoms with Crippen LogP contribution in [0, 0.1) is 6.92 Å². The molecular weight excluding hydrogens is 333 g/mol. The zero-order valence-electron chi connectivity index (χ0n) is 12.6. The standard InChI is InChI=1S/C17H12FNO4S/c1-11-14-3-2-4-16(15(14)9-10-19-11)23-17(20)12-5-7-13(8-6-12)24(18,21)22/h2-10H,1H3. The number of aromatic nitrogens is 1. The maximum Gasteiger partial charge on any atom is 0.343 e. The van der Waals surface area contributed by atoms with Crippen LogP contribution in [0.25, 0.3) is 10.8 Å². The van der Waals surface area contributed by atoms with Crippen molar-refractivity contribution >= 4 is 27.0 Å². The van der Waals surface area contributed by atoms with E-state index in [-0.39, 0.29) is 5.56 Å². The summed E-state index contributed by atoms with van der Waals surface area (Å²) in [5.74, 6) is -0.301. The highest BCUT2D eigenvalue weighted by Gasteiger charge is 2.15. The summed E-state index contributed by atoms with van der Waals surface area (Å²) in [5, 5.41) is 1.60. The van der Waals surface area contributed by atoms with E-state index in [4.69, 9.17) is 4.74 Å². The Hall–Kier alpha value is -2.80. The van der Waals surface area contributed by atoms with Gasteiger partial charge in [-0.25, -0.2) is 4.79 Å². The van der Waals surface area contributed by atoms with Crippen LogP contribution in [0.1, 0.15) is 16.1 Å². The molecule has 0 amide bonds. The Morgan fingerprint density at radius 1 is 1.04 bits per heavy atom. The molecule has 1 heterocycles. The molecule has 7 heteroatoms. The first-order valence-corrected chi connectivity index (χ1v) is 8.36. The fourth-order valence-electron chi connectivity index (χ4n) is 2.33. The molecule has 3 rings (SSSR count). The van der Waals surface area contributed by atoms with Gasteiger partial charge in [0.05, 0.1) is 10.5 Å². The van der Waals surface area contributed by atoms with Crippen LogP contribution in [0.2, 0.25) is 0 Å². The highest BCUT2D eigenvalue weighted by molar-refractivity contribution is 7.86. The fraction of sp³-hybridized carbons (Fsp3) is 0.0588. The molecule has 122 valence electrons. The molecule has 0 saturated heterocycles. The smallest absolute Gasteiger partial charge is 0.343 e. The van der Waals surface area contributed by atoms with Crippen molar-refractivity contribution in [3.63, 3.8) is 0 Å². The molecular formula is C17H12FNO4S.